The van der Waals surface area contributed by atoms with E-state index in [9.17, 15) is 14.4 Å². The largest absolute Gasteiger partial charge is 0.465 e. The van der Waals surface area contributed by atoms with Gasteiger partial charge < -0.3 is 19.4 Å². The van der Waals surface area contributed by atoms with Crippen LogP contribution in [0.15, 0.2) is 10.5 Å². The first-order chi connectivity index (χ1) is 12.3. The second-order valence-corrected chi connectivity index (χ2v) is 7.08. The molecule has 1 N–H and O–H groups in total. The van der Waals surface area contributed by atoms with E-state index in [1.54, 1.807) is 17.9 Å². The maximum Gasteiger partial charge on any atom is 0.341 e. The Morgan fingerprint density at radius 2 is 2.08 bits per heavy atom. The number of methoxy groups -OCH3 is 1. The number of aryl methyl sites for hydroxylation is 1. The molecule has 1 atom stereocenters. The summed E-state index contributed by atoms with van der Waals surface area (Å²) in [7, 11) is 1.31. The minimum absolute atomic E-state index is 0.0406. The van der Waals surface area contributed by atoms with Gasteiger partial charge >= 0.3 is 5.97 Å². The molecule has 1 saturated heterocycles. The number of hydrogen-bond acceptors (Lipinski definition) is 5. The van der Waals surface area contributed by atoms with Crippen molar-refractivity contribution in [1.29, 1.82) is 0 Å². The van der Waals surface area contributed by atoms with Crippen LogP contribution in [0.1, 0.15) is 61.4 Å². The number of ether oxygens (including phenoxy) is 1. The molecule has 7 nitrogen and oxygen atoms in total. The van der Waals surface area contributed by atoms with Crippen molar-refractivity contribution >= 4 is 17.8 Å². The molecule has 1 fully saturated rings. The Morgan fingerprint density at radius 1 is 1.35 bits per heavy atom. The molecule has 7 heteroatoms. The number of esters is 1. The van der Waals surface area contributed by atoms with Gasteiger partial charge in [-0.25, -0.2) is 4.79 Å². The van der Waals surface area contributed by atoms with E-state index >= 15 is 0 Å². The molecule has 1 aliphatic heterocycles. The van der Waals surface area contributed by atoms with Crippen LogP contribution in [0.2, 0.25) is 0 Å². The molecule has 2 rings (SSSR count). The summed E-state index contributed by atoms with van der Waals surface area (Å²) >= 11 is 0. The molecule has 2 heterocycles. The molecule has 0 aromatic carbocycles. The summed E-state index contributed by atoms with van der Waals surface area (Å²) in [6.45, 7) is 6.52. The van der Waals surface area contributed by atoms with E-state index in [0.717, 1.165) is 12.8 Å². The van der Waals surface area contributed by atoms with Crippen LogP contribution in [0.4, 0.5) is 0 Å². The smallest absolute Gasteiger partial charge is 0.341 e. The molecule has 0 saturated carbocycles. The van der Waals surface area contributed by atoms with Gasteiger partial charge in [-0.1, -0.05) is 13.8 Å². The van der Waals surface area contributed by atoms with Crippen molar-refractivity contribution in [1.82, 2.24) is 10.2 Å². The number of likely N-dealkylation sites (tertiary alicyclic amines) is 1. The lowest BCUT2D eigenvalue weighted by molar-refractivity contribution is -0.143. The third-order valence-corrected chi connectivity index (χ3v) is 4.54. The first kappa shape index (κ1) is 20.0. The van der Waals surface area contributed by atoms with Crippen LogP contribution in [-0.4, -0.2) is 42.4 Å². The van der Waals surface area contributed by atoms with Crippen molar-refractivity contribution < 1.29 is 23.5 Å². The van der Waals surface area contributed by atoms with Crippen molar-refractivity contribution in [3.05, 3.63) is 23.2 Å². The van der Waals surface area contributed by atoms with Crippen LogP contribution in [0.25, 0.3) is 0 Å². The molecule has 1 unspecified atom stereocenters. The fourth-order valence-corrected chi connectivity index (χ4v) is 3.21. The van der Waals surface area contributed by atoms with Gasteiger partial charge in [-0.2, -0.15) is 0 Å². The summed E-state index contributed by atoms with van der Waals surface area (Å²) < 4.78 is 10.2. The van der Waals surface area contributed by atoms with Crippen LogP contribution in [0.5, 0.6) is 0 Å². The topological polar surface area (TPSA) is 88.9 Å². The Hall–Kier alpha value is -2.31. The fraction of sp³-hybridized carbons (Fsp3) is 0.632. The van der Waals surface area contributed by atoms with Gasteiger partial charge in [0, 0.05) is 13.0 Å². The highest BCUT2D eigenvalue weighted by atomic mass is 16.5. The molecule has 1 aromatic rings. The van der Waals surface area contributed by atoms with E-state index in [0.29, 0.717) is 36.5 Å². The third kappa shape index (κ3) is 4.86. The van der Waals surface area contributed by atoms with Gasteiger partial charge in [-0.05, 0) is 38.2 Å². The highest BCUT2D eigenvalue weighted by Gasteiger charge is 2.31. The molecule has 1 aromatic heterocycles. The fourth-order valence-electron chi connectivity index (χ4n) is 3.21. The second-order valence-electron chi connectivity index (χ2n) is 7.08. The summed E-state index contributed by atoms with van der Waals surface area (Å²) in [5.41, 5.74) is 0.349. The van der Waals surface area contributed by atoms with Crippen molar-refractivity contribution in [2.45, 2.75) is 59.0 Å². The molecule has 2 amide bonds. The van der Waals surface area contributed by atoms with Gasteiger partial charge in [-0.3, -0.25) is 9.59 Å². The van der Waals surface area contributed by atoms with E-state index in [4.69, 9.17) is 9.15 Å². The van der Waals surface area contributed by atoms with Gasteiger partial charge in [0.05, 0.1) is 13.7 Å². The lowest BCUT2D eigenvalue weighted by atomic mass is 9.98. The number of hydrogen-bond donors (Lipinski definition) is 1. The second kappa shape index (κ2) is 8.87. The molecule has 144 valence electrons. The predicted octanol–water partition coefficient (Wildman–Crippen LogP) is 2.42. The Kier molecular flexibility index (Phi) is 6.83. The quantitative estimate of drug-likeness (QED) is 0.751. The average molecular weight is 364 g/mol. The monoisotopic (exact) mass is 364 g/mol. The standard InChI is InChI=1S/C19H28N2O5/c1-12(2)9-16(21-8-6-5-7-17(21)22)18(23)20-11-14-10-15(13(3)26-14)19(24)25-4/h10,12,16H,5-9,11H2,1-4H3,(H,20,23). The third-order valence-electron chi connectivity index (χ3n) is 4.54. The van der Waals surface area contributed by atoms with Crippen LogP contribution < -0.4 is 5.32 Å². The van der Waals surface area contributed by atoms with Crippen LogP contribution in [-0.2, 0) is 20.9 Å². The van der Waals surface area contributed by atoms with Crippen LogP contribution in [0.3, 0.4) is 0 Å². The molecule has 26 heavy (non-hydrogen) atoms. The number of piperidine rings is 1. The number of nitrogens with zero attached hydrogens (tertiary/aromatic N) is 1. The lowest BCUT2D eigenvalue weighted by Crippen LogP contribution is -2.51. The summed E-state index contributed by atoms with van der Waals surface area (Å²) in [5.74, 6) is 0.592. The predicted molar refractivity (Wildman–Crippen MR) is 95.4 cm³/mol. The van der Waals surface area contributed by atoms with Crippen molar-refractivity contribution in [2.75, 3.05) is 13.7 Å². The van der Waals surface area contributed by atoms with Gasteiger partial charge in [0.25, 0.3) is 0 Å². The van der Waals surface area contributed by atoms with E-state index in [1.165, 1.54) is 7.11 Å². The van der Waals surface area contributed by atoms with Crippen LogP contribution >= 0.6 is 0 Å². The average Bonchev–Trinajstić information content (AvgIpc) is 2.98. The molecular weight excluding hydrogens is 336 g/mol. The highest BCUT2D eigenvalue weighted by Crippen LogP contribution is 2.20. The molecule has 0 spiro atoms. The van der Waals surface area contributed by atoms with Gasteiger partial charge in [-0.15, -0.1) is 0 Å². The SMILES string of the molecule is COC(=O)c1cc(CNC(=O)C(CC(C)C)N2CCCCC2=O)oc1C. The minimum Gasteiger partial charge on any atom is -0.465 e. The lowest BCUT2D eigenvalue weighted by Gasteiger charge is -2.34. The Bertz CT molecular complexity index is 665. The first-order valence-electron chi connectivity index (χ1n) is 9.08. The maximum absolute atomic E-state index is 12.7. The van der Waals surface area contributed by atoms with Crippen LogP contribution in [0, 0.1) is 12.8 Å². The number of amides is 2. The normalized spacial score (nSPS) is 15.9. The number of carbonyl (C=O) groups is 3. The van der Waals surface area contributed by atoms with Crippen molar-refractivity contribution in [2.24, 2.45) is 5.92 Å². The maximum atomic E-state index is 12.7. The number of carbonyl (C=O) groups excluding carboxylic acids is 3. The summed E-state index contributed by atoms with van der Waals surface area (Å²) in [5, 5.41) is 2.84. The summed E-state index contributed by atoms with van der Waals surface area (Å²) in [6.07, 6.45) is 2.92. The van der Waals surface area contributed by atoms with Crippen molar-refractivity contribution in [3.8, 4) is 0 Å². The summed E-state index contributed by atoms with van der Waals surface area (Å²) in [6, 6.07) is 1.10. The van der Waals surface area contributed by atoms with E-state index in [2.05, 4.69) is 5.32 Å². The number of furan rings is 1. The Balaban J connectivity index is 2.05. The number of rotatable bonds is 7. The van der Waals surface area contributed by atoms with E-state index in [1.807, 2.05) is 13.8 Å². The van der Waals surface area contributed by atoms with E-state index < -0.39 is 12.0 Å². The molecule has 0 bridgehead atoms. The molecule has 0 aliphatic carbocycles. The summed E-state index contributed by atoms with van der Waals surface area (Å²) in [4.78, 5) is 38.3. The molecular formula is C19H28N2O5. The number of nitrogens with one attached hydrogen (secondary N) is 1. The molecule has 1 aliphatic rings. The Morgan fingerprint density at radius 3 is 2.69 bits per heavy atom. The highest BCUT2D eigenvalue weighted by molar-refractivity contribution is 5.90. The van der Waals surface area contributed by atoms with Crippen molar-refractivity contribution in [3.63, 3.8) is 0 Å². The van der Waals surface area contributed by atoms with Gasteiger partial charge in [0.1, 0.15) is 23.1 Å². The molecule has 0 radical (unpaired) electrons. The Labute approximate surface area is 154 Å². The first-order valence-corrected chi connectivity index (χ1v) is 9.08. The zero-order valence-corrected chi connectivity index (χ0v) is 16.0. The zero-order chi connectivity index (χ0) is 19.3. The zero-order valence-electron chi connectivity index (χ0n) is 16.0. The van der Waals surface area contributed by atoms with Gasteiger partial charge in [0.2, 0.25) is 11.8 Å². The van der Waals surface area contributed by atoms with E-state index in [-0.39, 0.29) is 24.3 Å². The minimum atomic E-state index is -0.473. The van der Waals surface area contributed by atoms with Gasteiger partial charge in [0.15, 0.2) is 0 Å².